The van der Waals surface area contributed by atoms with Gasteiger partial charge in [0.05, 0.1) is 26.5 Å². The fourth-order valence-corrected chi connectivity index (χ4v) is 4.74. The number of hydrogen-bond donors (Lipinski definition) is 2. The van der Waals surface area contributed by atoms with Gasteiger partial charge in [-0.3, -0.25) is 14.8 Å². The topological polar surface area (TPSA) is 79.9 Å². The average Bonchev–Trinajstić information content (AvgIpc) is 3.22. The van der Waals surface area contributed by atoms with Crippen LogP contribution in [0.1, 0.15) is 21.8 Å². The third-order valence-electron chi connectivity index (χ3n) is 5.34. The fourth-order valence-electron chi connectivity index (χ4n) is 3.88. The molecule has 4 aromatic rings. The molecule has 0 amide bonds. The molecule has 0 radical (unpaired) electrons. The molecule has 0 fully saturated rings. The summed E-state index contributed by atoms with van der Waals surface area (Å²) >= 11 is 1.61. The first-order valence-corrected chi connectivity index (χ1v) is 10.3. The molecule has 3 heterocycles. The number of nitrogen functional groups attached to an aromatic ring is 1. The summed E-state index contributed by atoms with van der Waals surface area (Å²) < 4.78 is 16.8. The molecule has 3 N–H and O–H groups in total. The lowest BCUT2D eigenvalue weighted by Crippen LogP contribution is -2.32. The van der Waals surface area contributed by atoms with Gasteiger partial charge in [0, 0.05) is 43.0 Å². The lowest BCUT2D eigenvalue weighted by atomic mass is 10.1. The van der Waals surface area contributed by atoms with Crippen LogP contribution < -0.4 is 11.3 Å². The van der Waals surface area contributed by atoms with Crippen LogP contribution in [-0.2, 0) is 19.5 Å². The number of aromatic nitrogens is 3. The molecule has 8 heteroatoms. The second-order valence-electron chi connectivity index (χ2n) is 7.41. The monoisotopic (exact) mass is 409 g/mol. The van der Waals surface area contributed by atoms with Crippen LogP contribution in [0.4, 0.5) is 10.1 Å². The summed E-state index contributed by atoms with van der Waals surface area (Å²) in [6.45, 7) is 3.66. The molecule has 0 unspecified atom stereocenters. The quantitative estimate of drug-likeness (QED) is 0.509. The number of nitrogens with zero attached hydrogens (tertiary/aromatic N) is 3. The van der Waals surface area contributed by atoms with Crippen LogP contribution in [0.2, 0.25) is 0 Å². The van der Waals surface area contributed by atoms with E-state index in [9.17, 15) is 9.18 Å². The van der Waals surface area contributed by atoms with E-state index in [1.807, 2.05) is 25.1 Å². The van der Waals surface area contributed by atoms with E-state index in [0.29, 0.717) is 24.3 Å². The van der Waals surface area contributed by atoms with Gasteiger partial charge >= 0.3 is 0 Å². The molecule has 29 heavy (non-hydrogen) atoms. The van der Waals surface area contributed by atoms with Crippen molar-refractivity contribution in [2.75, 3.05) is 12.3 Å². The number of aryl methyl sites for hydroxylation is 1. The van der Waals surface area contributed by atoms with Crippen LogP contribution in [0.25, 0.3) is 15.9 Å². The molecule has 148 valence electrons. The number of fused-ring (bicyclic) bond motifs is 2. The summed E-state index contributed by atoms with van der Waals surface area (Å²) in [5.74, 6) is -0.310. The third-order valence-corrected chi connectivity index (χ3v) is 6.27. The second-order valence-corrected chi connectivity index (χ2v) is 8.64. The molecular formula is C21H20FN5OS. The maximum absolute atomic E-state index is 14.2. The van der Waals surface area contributed by atoms with Gasteiger partial charge < -0.3 is 5.73 Å². The molecule has 1 aliphatic heterocycles. The minimum atomic E-state index is -0.310. The lowest BCUT2D eigenvalue weighted by Gasteiger charge is -2.26. The summed E-state index contributed by atoms with van der Waals surface area (Å²) in [6, 6.07) is 10.6. The van der Waals surface area contributed by atoms with Crippen molar-refractivity contribution in [3.8, 4) is 5.69 Å². The van der Waals surface area contributed by atoms with Gasteiger partial charge in [0.1, 0.15) is 5.82 Å². The van der Waals surface area contributed by atoms with E-state index in [0.717, 1.165) is 45.1 Å². The SMILES string of the molecule is Cc1nc2ccc(-n3[nH]c4c(c3=O)CN(Cc3ccc(N)cc3F)CC4)cc2s1. The normalized spacial score (nSPS) is 14.4. The smallest absolute Gasteiger partial charge is 0.275 e. The van der Waals surface area contributed by atoms with Gasteiger partial charge in [-0.15, -0.1) is 11.3 Å². The molecule has 6 nitrogen and oxygen atoms in total. The molecule has 0 saturated heterocycles. The Morgan fingerprint density at radius 3 is 2.97 bits per heavy atom. The van der Waals surface area contributed by atoms with Crippen LogP contribution in [0.5, 0.6) is 0 Å². The molecule has 2 aromatic carbocycles. The summed E-state index contributed by atoms with van der Waals surface area (Å²) in [6.07, 6.45) is 0.718. The number of hydrogen-bond acceptors (Lipinski definition) is 5. The van der Waals surface area contributed by atoms with Crippen LogP contribution in [0, 0.1) is 12.7 Å². The molecule has 0 aliphatic carbocycles. The molecule has 0 spiro atoms. The van der Waals surface area contributed by atoms with Gasteiger partial charge in [-0.1, -0.05) is 6.07 Å². The first-order valence-electron chi connectivity index (χ1n) is 9.44. The van der Waals surface area contributed by atoms with E-state index in [1.165, 1.54) is 6.07 Å². The van der Waals surface area contributed by atoms with Gasteiger partial charge in [0.25, 0.3) is 5.56 Å². The summed E-state index contributed by atoms with van der Waals surface area (Å²) in [5.41, 5.74) is 10.0. The first-order chi connectivity index (χ1) is 14.0. The van der Waals surface area contributed by atoms with E-state index in [-0.39, 0.29) is 11.4 Å². The highest BCUT2D eigenvalue weighted by Crippen LogP contribution is 2.25. The van der Waals surface area contributed by atoms with Crippen molar-refractivity contribution in [2.24, 2.45) is 0 Å². The number of benzene rings is 2. The number of rotatable bonds is 3. The molecule has 5 rings (SSSR count). The van der Waals surface area contributed by atoms with Crippen molar-refractivity contribution in [1.82, 2.24) is 19.7 Å². The lowest BCUT2D eigenvalue weighted by molar-refractivity contribution is 0.241. The molecule has 2 aromatic heterocycles. The van der Waals surface area contributed by atoms with Gasteiger partial charge in [0.2, 0.25) is 0 Å². The van der Waals surface area contributed by atoms with Crippen molar-refractivity contribution in [2.45, 2.75) is 26.4 Å². The van der Waals surface area contributed by atoms with Gasteiger partial charge in [-0.2, -0.15) is 0 Å². The van der Waals surface area contributed by atoms with Gasteiger partial charge in [0.15, 0.2) is 0 Å². The van der Waals surface area contributed by atoms with E-state index in [4.69, 9.17) is 5.73 Å². The number of anilines is 1. The summed E-state index contributed by atoms with van der Waals surface area (Å²) in [4.78, 5) is 19.6. The minimum absolute atomic E-state index is 0.0527. The largest absolute Gasteiger partial charge is 0.399 e. The number of nitrogens with two attached hydrogens (primary N) is 1. The predicted molar refractivity (Wildman–Crippen MR) is 113 cm³/mol. The number of aromatic amines is 1. The van der Waals surface area contributed by atoms with E-state index >= 15 is 0 Å². The Kier molecular flexibility index (Phi) is 4.25. The first kappa shape index (κ1) is 18.1. The van der Waals surface area contributed by atoms with Gasteiger partial charge in [-0.05, 0) is 37.3 Å². The van der Waals surface area contributed by atoms with Crippen molar-refractivity contribution in [1.29, 1.82) is 0 Å². The maximum Gasteiger partial charge on any atom is 0.275 e. The Labute approximate surface area is 170 Å². The van der Waals surface area contributed by atoms with Crippen LogP contribution in [0.3, 0.4) is 0 Å². The van der Waals surface area contributed by atoms with Crippen molar-refractivity contribution in [3.05, 3.63) is 74.4 Å². The molecule has 0 atom stereocenters. The zero-order valence-corrected chi connectivity index (χ0v) is 16.7. The second kappa shape index (κ2) is 6.82. The van der Waals surface area contributed by atoms with Crippen LogP contribution in [0.15, 0.2) is 41.2 Å². The molecule has 0 saturated carbocycles. The zero-order valence-electron chi connectivity index (χ0n) is 15.9. The minimum Gasteiger partial charge on any atom is -0.399 e. The molecule has 0 bridgehead atoms. The maximum atomic E-state index is 14.2. The Balaban J connectivity index is 1.44. The number of H-pyrrole nitrogens is 1. The number of halogens is 1. The number of nitrogens with one attached hydrogen (secondary N) is 1. The Morgan fingerprint density at radius 2 is 2.14 bits per heavy atom. The van der Waals surface area contributed by atoms with Crippen LogP contribution in [-0.4, -0.2) is 26.2 Å². The van der Waals surface area contributed by atoms with Crippen molar-refractivity contribution >= 4 is 27.2 Å². The summed E-state index contributed by atoms with van der Waals surface area (Å²) in [7, 11) is 0. The van der Waals surface area contributed by atoms with Crippen LogP contribution >= 0.6 is 11.3 Å². The van der Waals surface area contributed by atoms with Crippen molar-refractivity contribution in [3.63, 3.8) is 0 Å². The Morgan fingerprint density at radius 1 is 1.28 bits per heavy atom. The zero-order chi connectivity index (χ0) is 20.1. The number of thiazole rings is 1. The highest BCUT2D eigenvalue weighted by atomic mass is 32.1. The highest BCUT2D eigenvalue weighted by molar-refractivity contribution is 7.18. The molecular weight excluding hydrogens is 389 g/mol. The average molecular weight is 409 g/mol. The highest BCUT2D eigenvalue weighted by Gasteiger charge is 2.24. The summed E-state index contributed by atoms with van der Waals surface area (Å²) in [5, 5.41) is 4.26. The van der Waals surface area contributed by atoms with Crippen molar-refractivity contribution < 1.29 is 4.39 Å². The third kappa shape index (κ3) is 3.24. The molecule has 1 aliphatic rings. The Hall–Kier alpha value is -2.97. The van der Waals surface area contributed by atoms with E-state index in [1.54, 1.807) is 28.2 Å². The fraction of sp³-hybridized carbons (Fsp3) is 0.238. The van der Waals surface area contributed by atoms with Gasteiger partial charge in [-0.25, -0.2) is 14.1 Å². The predicted octanol–water partition coefficient (Wildman–Crippen LogP) is 3.36. The van der Waals surface area contributed by atoms with E-state index < -0.39 is 0 Å². The standard InChI is InChI=1S/C21H20FN5OS/c1-12-24-19-5-4-15(9-20(19)29-12)27-21(28)16-11-26(7-6-18(16)25-27)10-13-2-3-14(23)8-17(13)22/h2-5,8-9,25H,6-7,10-11,23H2,1H3. The Bertz CT molecular complexity index is 1290. The van der Waals surface area contributed by atoms with E-state index in [2.05, 4.69) is 15.0 Å².